The first kappa shape index (κ1) is 23.0. The molecule has 0 N–H and O–H groups in total. The highest BCUT2D eigenvalue weighted by Crippen LogP contribution is 2.28. The largest absolute Gasteiger partial charge is 0.487 e. The van der Waals surface area contributed by atoms with Crippen molar-refractivity contribution < 1.29 is 14.3 Å². The summed E-state index contributed by atoms with van der Waals surface area (Å²) in [4.78, 5) is 18.1. The van der Waals surface area contributed by atoms with Crippen molar-refractivity contribution in [2.45, 2.75) is 20.1 Å². The summed E-state index contributed by atoms with van der Waals surface area (Å²) in [5, 5.41) is 9.65. The molecule has 0 saturated heterocycles. The van der Waals surface area contributed by atoms with E-state index in [1.807, 2.05) is 65.4 Å². The Hall–Kier alpha value is -3.75. The summed E-state index contributed by atoms with van der Waals surface area (Å²) in [7, 11) is 0. The summed E-state index contributed by atoms with van der Waals surface area (Å²) in [6.07, 6.45) is 1.75. The maximum absolute atomic E-state index is 12.5. The minimum Gasteiger partial charge on any atom is -0.487 e. The average Bonchev–Trinajstić information content (AvgIpc) is 3.65. The van der Waals surface area contributed by atoms with Crippen molar-refractivity contribution >= 4 is 28.6 Å². The van der Waals surface area contributed by atoms with Crippen LogP contribution in [-0.4, -0.2) is 27.3 Å². The van der Waals surface area contributed by atoms with Crippen molar-refractivity contribution in [3.8, 4) is 26.9 Å². The molecule has 0 aliphatic heterocycles. The summed E-state index contributed by atoms with van der Waals surface area (Å²) < 4.78 is 12.9. The quantitative estimate of drug-likeness (QED) is 0.215. The zero-order valence-corrected chi connectivity index (χ0v) is 20.7. The molecule has 3 heterocycles. The van der Waals surface area contributed by atoms with Crippen molar-refractivity contribution in [3.05, 3.63) is 101 Å². The number of aromatic nitrogens is 3. The summed E-state index contributed by atoms with van der Waals surface area (Å²) in [6, 6.07) is 21.9. The Morgan fingerprint density at radius 3 is 2.57 bits per heavy atom. The van der Waals surface area contributed by atoms with Crippen molar-refractivity contribution in [1.29, 1.82) is 0 Å². The fourth-order valence-corrected chi connectivity index (χ4v) is 5.11. The number of benzene rings is 2. The lowest BCUT2D eigenvalue weighted by Gasteiger charge is -2.06. The molecule has 0 atom stereocenters. The molecule has 3 aromatic heterocycles. The Kier molecular flexibility index (Phi) is 7.02. The number of nitrogens with zero attached hydrogens (tertiary/aromatic N) is 3. The van der Waals surface area contributed by atoms with Crippen LogP contribution in [0.3, 0.4) is 0 Å². The molecule has 0 radical (unpaired) electrons. The molecule has 0 amide bonds. The van der Waals surface area contributed by atoms with E-state index in [1.54, 1.807) is 40.5 Å². The second kappa shape index (κ2) is 10.7. The molecule has 5 rings (SSSR count). The van der Waals surface area contributed by atoms with E-state index in [4.69, 9.17) is 9.47 Å². The van der Waals surface area contributed by atoms with Crippen LogP contribution >= 0.6 is 22.7 Å². The van der Waals surface area contributed by atoms with Gasteiger partial charge in [0.15, 0.2) is 0 Å². The SMILES string of the molecule is CCOC(=O)c1cn(Cc2ccc(OCc3csc(-c4ccccc4)n3)cc2)nc1-c1cccs1. The van der Waals surface area contributed by atoms with Crippen LogP contribution in [0.4, 0.5) is 0 Å². The van der Waals surface area contributed by atoms with Crippen LogP contribution in [0.5, 0.6) is 5.75 Å². The van der Waals surface area contributed by atoms with Crippen LogP contribution in [0.25, 0.3) is 21.1 Å². The molecule has 0 spiro atoms. The molecule has 0 unspecified atom stereocenters. The number of carbonyl (C=O) groups excluding carboxylic acids is 1. The third-order valence-electron chi connectivity index (χ3n) is 5.24. The van der Waals surface area contributed by atoms with E-state index in [1.165, 1.54) is 0 Å². The average molecular weight is 502 g/mol. The number of thiophene rings is 1. The van der Waals surface area contributed by atoms with Crippen molar-refractivity contribution in [2.75, 3.05) is 6.61 Å². The monoisotopic (exact) mass is 501 g/mol. The van der Waals surface area contributed by atoms with Gasteiger partial charge in [0, 0.05) is 17.1 Å². The molecule has 0 aliphatic rings. The van der Waals surface area contributed by atoms with Gasteiger partial charge in [0.2, 0.25) is 0 Å². The molecular formula is C27H23N3O3S2. The second-order valence-electron chi connectivity index (χ2n) is 7.73. The van der Waals surface area contributed by atoms with E-state index in [9.17, 15) is 4.79 Å². The maximum Gasteiger partial charge on any atom is 0.342 e. The van der Waals surface area contributed by atoms with Gasteiger partial charge in [-0.15, -0.1) is 22.7 Å². The first-order valence-corrected chi connectivity index (χ1v) is 13.0. The minimum atomic E-state index is -0.358. The summed E-state index contributed by atoms with van der Waals surface area (Å²) in [5.41, 5.74) is 4.19. The molecule has 0 fully saturated rings. The van der Waals surface area contributed by atoms with Gasteiger partial charge in [0.25, 0.3) is 0 Å². The molecule has 6 nitrogen and oxygen atoms in total. The van der Waals surface area contributed by atoms with Crippen LogP contribution in [0.15, 0.2) is 83.7 Å². The molecule has 176 valence electrons. The Bertz CT molecular complexity index is 1390. The molecular weight excluding hydrogens is 478 g/mol. The van der Waals surface area contributed by atoms with Gasteiger partial charge >= 0.3 is 5.97 Å². The predicted molar refractivity (Wildman–Crippen MR) is 139 cm³/mol. The van der Waals surface area contributed by atoms with E-state index in [2.05, 4.69) is 22.2 Å². The van der Waals surface area contributed by atoms with Crippen LogP contribution in [0, 0.1) is 0 Å². The second-order valence-corrected chi connectivity index (χ2v) is 9.54. The van der Waals surface area contributed by atoms with Gasteiger partial charge < -0.3 is 9.47 Å². The van der Waals surface area contributed by atoms with Crippen LogP contribution in [0.2, 0.25) is 0 Å². The Morgan fingerprint density at radius 2 is 1.83 bits per heavy atom. The summed E-state index contributed by atoms with van der Waals surface area (Å²) in [5.74, 6) is 0.415. The highest BCUT2D eigenvalue weighted by molar-refractivity contribution is 7.13. The highest BCUT2D eigenvalue weighted by atomic mass is 32.1. The number of thiazole rings is 1. The maximum atomic E-state index is 12.5. The highest BCUT2D eigenvalue weighted by Gasteiger charge is 2.19. The normalized spacial score (nSPS) is 10.9. The first-order chi connectivity index (χ1) is 17.2. The Balaban J connectivity index is 1.24. The zero-order chi connectivity index (χ0) is 24.0. The number of ether oxygens (including phenoxy) is 2. The van der Waals surface area contributed by atoms with Gasteiger partial charge in [0.1, 0.15) is 28.6 Å². The lowest BCUT2D eigenvalue weighted by atomic mass is 10.2. The number of rotatable bonds is 9. The Morgan fingerprint density at radius 1 is 1.00 bits per heavy atom. The first-order valence-electron chi connectivity index (χ1n) is 11.2. The van der Waals surface area contributed by atoms with E-state index < -0.39 is 0 Å². The van der Waals surface area contributed by atoms with Gasteiger partial charge in [-0.3, -0.25) is 4.68 Å². The smallest absolute Gasteiger partial charge is 0.342 e. The molecule has 35 heavy (non-hydrogen) atoms. The lowest BCUT2D eigenvalue weighted by Crippen LogP contribution is -2.05. The Labute approximate surface area is 211 Å². The van der Waals surface area contributed by atoms with E-state index in [0.717, 1.165) is 32.5 Å². The minimum absolute atomic E-state index is 0.323. The molecule has 2 aromatic carbocycles. The van der Waals surface area contributed by atoms with Crippen LogP contribution in [0.1, 0.15) is 28.5 Å². The summed E-state index contributed by atoms with van der Waals surface area (Å²) >= 11 is 3.16. The van der Waals surface area contributed by atoms with Gasteiger partial charge in [0.05, 0.1) is 23.7 Å². The predicted octanol–water partition coefficient (Wildman–Crippen LogP) is 6.54. The molecule has 0 bridgehead atoms. The van der Waals surface area contributed by atoms with Crippen molar-refractivity contribution in [1.82, 2.24) is 14.8 Å². The van der Waals surface area contributed by atoms with E-state index >= 15 is 0 Å². The van der Waals surface area contributed by atoms with Crippen LogP contribution < -0.4 is 4.74 Å². The zero-order valence-electron chi connectivity index (χ0n) is 19.1. The van der Waals surface area contributed by atoms with Gasteiger partial charge in [-0.1, -0.05) is 48.5 Å². The third kappa shape index (κ3) is 5.50. The number of carbonyl (C=O) groups is 1. The fourth-order valence-electron chi connectivity index (χ4n) is 3.58. The molecule has 0 saturated carbocycles. The molecule has 0 aliphatic carbocycles. The lowest BCUT2D eigenvalue weighted by molar-refractivity contribution is 0.0527. The van der Waals surface area contributed by atoms with Gasteiger partial charge in [-0.25, -0.2) is 9.78 Å². The fraction of sp³-hybridized carbons (Fsp3) is 0.148. The number of hydrogen-bond acceptors (Lipinski definition) is 7. The van der Waals surface area contributed by atoms with Crippen molar-refractivity contribution in [2.24, 2.45) is 0 Å². The van der Waals surface area contributed by atoms with Gasteiger partial charge in [-0.05, 0) is 36.1 Å². The number of esters is 1. The van der Waals surface area contributed by atoms with E-state index in [0.29, 0.717) is 31.0 Å². The third-order valence-corrected chi connectivity index (χ3v) is 7.06. The number of hydrogen-bond donors (Lipinski definition) is 0. The molecule has 5 aromatic rings. The van der Waals surface area contributed by atoms with E-state index in [-0.39, 0.29) is 5.97 Å². The van der Waals surface area contributed by atoms with Gasteiger partial charge in [-0.2, -0.15) is 5.10 Å². The molecule has 8 heteroatoms. The topological polar surface area (TPSA) is 66.2 Å². The van der Waals surface area contributed by atoms with Crippen LogP contribution in [-0.2, 0) is 17.9 Å². The summed E-state index contributed by atoms with van der Waals surface area (Å²) in [6.45, 7) is 3.07. The standard InChI is InChI=1S/C27H23N3O3S2/c1-2-32-27(31)23-16-30(29-25(23)24-9-6-14-34-24)15-19-10-12-22(13-11-19)33-17-21-18-35-26(28-21)20-7-4-3-5-8-20/h3-14,16,18H,2,15,17H2,1H3. The van der Waals surface area contributed by atoms with Crippen molar-refractivity contribution in [3.63, 3.8) is 0 Å².